The van der Waals surface area contributed by atoms with Gasteiger partial charge in [0.05, 0.1) is 11.1 Å². The van der Waals surface area contributed by atoms with E-state index >= 15 is 0 Å². The Kier molecular flexibility index (Phi) is 5.00. The summed E-state index contributed by atoms with van der Waals surface area (Å²) < 4.78 is 1.77. The maximum atomic E-state index is 12.6. The topological polar surface area (TPSA) is 84.5 Å². The van der Waals surface area contributed by atoms with Crippen LogP contribution in [0.3, 0.4) is 0 Å². The SMILES string of the molecule is Cn1cc(CN2CCN(C(=O)c3ccc(Cl)c([N+](=O)[O-])c3)CC2)cn1. The molecule has 0 radical (unpaired) electrons. The van der Waals surface area contributed by atoms with Gasteiger partial charge in [0.1, 0.15) is 5.02 Å². The third-order valence-electron chi connectivity index (χ3n) is 4.21. The average molecular weight is 364 g/mol. The molecule has 8 nitrogen and oxygen atoms in total. The number of aromatic nitrogens is 2. The normalized spacial score (nSPS) is 15.4. The molecule has 0 atom stereocenters. The van der Waals surface area contributed by atoms with Gasteiger partial charge in [0.15, 0.2) is 0 Å². The maximum absolute atomic E-state index is 12.6. The first-order valence-electron chi connectivity index (χ1n) is 7.87. The van der Waals surface area contributed by atoms with Gasteiger partial charge in [0.2, 0.25) is 0 Å². The molecule has 1 aliphatic heterocycles. The van der Waals surface area contributed by atoms with E-state index in [1.807, 2.05) is 19.4 Å². The van der Waals surface area contributed by atoms with E-state index in [-0.39, 0.29) is 22.2 Å². The number of piperazine rings is 1. The van der Waals surface area contributed by atoms with Crippen molar-refractivity contribution in [3.8, 4) is 0 Å². The standard InChI is InChI=1S/C16H18ClN5O3/c1-19-10-12(9-18-19)11-20-4-6-21(7-5-20)16(23)13-2-3-14(17)15(8-13)22(24)25/h2-3,8-10H,4-7,11H2,1H3. The molecule has 1 amide bonds. The number of carbonyl (C=O) groups excluding carboxylic acids is 1. The second-order valence-corrected chi connectivity index (χ2v) is 6.42. The molecular formula is C16H18ClN5O3. The quantitative estimate of drug-likeness (QED) is 0.612. The lowest BCUT2D eigenvalue weighted by Gasteiger charge is -2.34. The minimum Gasteiger partial charge on any atom is -0.336 e. The second-order valence-electron chi connectivity index (χ2n) is 6.01. The molecule has 25 heavy (non-hydrogen) atoms. The van der Waals surface area contributed by atoms with Crippen molar-refractivity contribution in [1.29, 1.82) is 0 Å². The summed E-state index contributed by atoms with van der Waals surface area (Å²) in [7, 11) is 1.88. The summed E-state index contributed by atoms with van der Waals surface area (Å²) in [4.78, 5) is 26.9. The van der Waals surface area contributed by atoms with Crippen LogP contribution in [0.2, 0.25) is 5.02 Å². The molecule has 0 aliphatic carbocycles. The van der Waals surface area contributed by atoms with Gasteiger partial charge in [-0.15, -0.1) is 0 Å². The summed E-state index contributed by atoms with van der Waals surface area (Å²) in [5, 5.41) is 15.2. The Morgan fingerprint density at radius 2 is 2.04 bits per heavy atom. The van der Waals surface area contributed by atoms with E-state index < -0.39 is 4.92 Å². The molecule has 132 valence electrons. The number of nitrogens with zero attached hydrogens (tertiary/aromatic N) is 5. The molecule has 0 N–H and O–H groups in total. The Morgan fingerprint density at radius 3 is 2.64 bits per heavy atom. The van der Waals surface area contributed by atoms with Gasteiger partial charge in [-0.1, -0.05) is 11.6 Å². The van der Waals surface area contributed by atoms with Gasteiger partial charge < -0.3 is 4.90 Å². The van der Waals surface area contributed by atoms with Crippen LogP contribution in [-0.4, -0.2) is 56.6 Å². The van der Waals surface area contributed by atoms with Crippen molar-refractivity contribution in [2.24, 2.45) is 7.05 Å². The zero-order chi connectivity index (χ0) is 18.0. The number of nitro groups is 1. The summed E-state index contributed by atoms with van der Waals surface area (Å²) in [5.74, 6) is -0.208. The van der Waals surface area contributed by atoms with Crippen molar-refractivity contribution >= 4 is 23.2 Å². The number of carbonyl (C=O) groups is 1. The molecule has 1 aliphatic rings. The Balaban J connectivity index is 1.61. The molecular weight excluding hydrogens is 346 g/mol. The summed E-state index contributed by atoms with van der Waals surface area (Å²) in [6, 6.07) is 4.16. The van der Waals surface area contributed by atoms with Crippen molar-refractivity contribution in [3.63, 3.8) is 0 Å². The molecule has 0 saturated carbocycles. The highest BCUT2D eigenvalue weighted by molar-refractivity contribution is 6.32. The number of benzene rings is 1. The highest BCUT2D eigenvalue weighted by Crippen LogP contribution is 2.26. The fraction of sp³-hybridized carbons (Fsp3) is 0.375. The third-order valence-corrected chi connectivity index (χ3v) is 4.53. The molecule has 2 aromatic rings. The Morgan fingerprint density at radius 1 is 1.32 bits per heavy atom. The van der Waals surface area contributed by atoms with Crippen LogP contribution in [0.1, 0.15) is 15.9 Å². The number of amides is 1. The minimum absolute atomic E-state index is 0.0304. The smallest absolute Gasteiger partial charge is 0.288 e. The second kappa shape index (κ2) is 7.20. The average Bonchev–Trinajstić information content (AvgIpc) is 3.00. The number of aryl methyl sites for hydroxylation is 1. The first-order chi connectivity index (χ1) is 11.9. The lowest BCUT2D eigenvalue weighted by Crippen LogP contribution is -2.48. The number of hydrogen-bond donors (Lipinski definition) is 0. The molecule has 3 rings (SSSR count). The van der Waals surface area contributed by atoms with E-state index in [4.69, 9.17) is 11.6 Å². The van der Waals surface area contributed by atoms with Crippen LogP contribution in [0.25, 0.3) is 0 Å². The fourth-order valence-corrected chi connectivity index (χ4v) is 3.08. The van der Waals surface area contributed by atoms with Gasteiger partial charge >= 0.3 is 0 Å². The maximum Gasteiger partial charge on any atom is 0.288 e. The molecule has 0 bridgehead atoms. The number of halogens is 1. The molecule has 9 heteroatoms. The van der Waals surface area contributed by atoms with E-state index in [2.05, 4.69) is 10.00 Å². The van der Waals surface area contributed by atoms with Gasteiger partial charge in [-0.25, -0.2) is 0 Å². The van der Waals surface area contributed by atoms with E-state index in [1.54, 1.807) is 9.58 Å². The third kappa shape index (κ3) is 3.97. The predicted octanol–water partition coefficient (Wildman–Crippen LogP) is 1.94. The zero-order valence-electron chi connectivity index (χ0n) is 13.8. The highest BCUT2D eigenvalue weighted by Gasteiger charge is 2.24. The van der Waals surface area contributed by atoms with Crippen molar-refractivity contribution in [2.45, 2.75) is 6.54 Å². The van der Waals surface area contributed by atoms with Gasteiger partial charge in [-0.2, -0.15) is 5.10 Å². The molecule has 0 spiro atoms. The van der Waals surface area contributed by atoms with Crippen molar-refractivity contribution < 1.29 is 9.72 Å². The minimum atomic E-state index is -0.578. The van der Waals surface area contributed by atoms with Crippen molar-refractivity contribution in [1.82, 2.24) is 19.6 Å². The van der Waals surface area contributed by atoms with Crippen molar-refractivity contribution in [2.75, 3.05) is 26.2 Å². The molecule has 1 saturated heterocycles. The Hall–Kier alpha value is -2.45. The number of nitro benzene ring substituents is 1. The monoisotopic (exact) mass is 363 g/mol. The van der Waals surface area contributed by atoms with Gasteiger partial charge in [0.25, 0.3) is 11.6 Å². The van der Waals surface area contributed by atoms with Crippen LogP contribution in [0, 0.1) is 10.1 Å². The summed E-state index contributed by atoms with van der Waals surface area (Å²) >= 11 is 5.80. The first kappa shape index (κ1) is 17.4. The van der Waals surface area contributed by atoms with E-state index in [9.17, 15) is 14.9 Å². The van der Waals surface area contributed by atoms with Crippen LogP contribution in [0.5, 0.6) is 0 Å². The van der Waals surface area contributed by atoms with E-state index in [0.29, 0.717) is 13.1 Å². The lowest BCUT2D eigenvalue weighted by atomic mass is 10.1. The summed E-state index contributed by atoms with van der Waals surface area (Å²) in [6.07, 6.45) is 3.81. The van der Waals surface area contributed by atoms with E-state index in [1.165, 1.54) is 18.2 Å². The lowest BCUT2D eigenvalue weighted by molar-refractivity contribution is -0.384. The Labute approximate surface area is 149 Å². The molecule has 1 aromatic heterocycles. The number of rotatable bonds is 4. The van der Waals surface area contributed by atoms with Crippen LogP contribution >= 0.6 is 11.6 Å². The molecule has 1 fully saturated rings. The van der Waals surface area contributed by atoms with Crippen LogP contribution in [-0.2, 0) is 13.6 Å². The highest BCUT2D eigenvalue weighted by atomic mass is 35.5. The zero-order valence-corrected chi connectivity index (χ0v) is 14.5. The predicted molar refractivity (Wildman–Crippen MR) is 92.5 cm³/mol. The molecule has 1 aromatic carbocycles. The molecule has 0 unspecified atom stereocenters. The largest absolute Gasteiger partial charge is 0.336 e. The van der Waals surface area contributed by atoms with Gasteiger partial charge in [-0.3, -0.25) is 24.5 Å². The van der Waals surface area contributed by atoms with Gasteiger partial charge in [-0.05, 0) is 12.1 Å². The van der Waals surface area contributed by atoms with Crippen molar-refractivity contribution in [3.05, 3.63) is 56.9 Å². The number of hydrogen-bond acceptors (Lipinski definition) is 5. The van der Waals surface area contributed by atoms with Crippen LogP contribution in [0.4, 0.5) is 5.69 Å². The van der Waals surface area contributed by atoms with Crippen LogP contribution in [0.15, 0.2) is 30.6 Å². The van der Waals surface area contributed by atoms with Gasteiger partial charge in [0, 0.05) is 63.2 Å². The Bertz CT molecular complexity index is 799. The molecule has 2 heterocycles. The summed E-state index contributed by atoms with van der Waals surface area (Å²) in [6.45, 7) is 3.44. The van der Waals surface area contributed by atoms with Crippen LogP contribution < -0.4 is 0 Å². The fourth-order valence-electron chi connectivity index (χ4n) is 2.89. The summed E-state index contributed by atoms with van der Waals surface area (Å²) in [5.41, 5.74) is 1.18. The van der Waals surface area contributed by atoms with E-state index in [0.717, 1.165) is 25.2 Å². The first-order valence-corrected chi connectivity index (χ1v) is 8.25.